The molecule has 1 aromatic heterocycles. The lowest BCUT2D eigenvalue weighted by Crippen LogP contribution is -2.45. The maximum absolute atomic E-state index is 12.5. The molecule has 0 amide bonds. The lowest BCUT2D eigenvalue weighted by Gasteiger charge is -2.34. The predicted octanol–water partition coefficient (Wildman–Crippen LogP) is 1.05. The van der Waals surface area contributed by atoms with Crippen LogP contribution in [0.3, 0.4) is 0 Å². The largest absolute Gasteiger partial charge is 0.390 e. The Kier molecular flexibility index (Phi) is 4.31. The first-order valence-electron chi connectivity index (χ1n) is 6.78. The Bertz CT molecular complexity index is 545. The summed E-state index contributed by atoms with van der Waals surface area (Å²) in [5.41, 5.74) is -0.765. The lowest BCUT2D eigenvalue weighted by molar-refractivity contribution is 0.0126. The molecule has 2 N–H and O–H groups in total. The number of aromatic nitrogens is 1. The summed E-state index contributed by atoms with van der Waals surface area (Å²) in [4.78, 5) is 4.29. The van der Waals surface area contributed by atoms with Crippen molar-refractivity contribution >= 4 is 15.8 Å². The molecule has 6 nitrogen and oxygen atoms in total. The fraction of sp³-hybridized carbons (Fsp3) is 0.615. The number of nitrogens with zero attached hydrogens (tertiary/aromatic N) is 2. The number of nitrogens with one attached hydrogen (secondary N) is 1. The molecule has 0 unspecified atom stereocenters. The van der Waals surface area contributed by atoms with Gasteiger partial charge < -0.3 is 10.4 Å². The van der Waals surface area contributed by atoms with Crippen molar-refractivity contribution in [1.29, 1.82) is 0 Å². The number of rotatable bonds is 4. The third-order valence-corrected chi connectivity index (χ3v) is 5.41. The molecule has 0 radical (unpaired) electrons. The van der Waals surface area contributed by atoms with Gasteiger partial charge in [-0.25, -0.2) is 13.4 Å². The Balaban J connectivity index is 2.14. The molecular weight excluding hydrogens is 278 g/mol. The normalized spacial score (nSPS) is 19.8. The molecule has 2 heterocycles. The first-order chi connectivity index (χ1) is 9.35. The van der Waals surface area contributed by atoms with Gasteiger partial charge in [-0.3, -0.25) is 0 Å². The van der Waals surface area contributed by atoms with Crippen LogP contribution in [0.15, 0.2) is 23.2 Å². The van der Waals surface area contributed by atoms with E-state index in [9.17, 15) is 13.5 Å². The van der Waals surface area contributed by atoms with Gasteiger partial charge >= 0.3 is 0 Å². The molecule has 0 spiro atoms. The van der Waals surface area contributed by atoms with E-state index >= 15 is 0 Å². The predicted molar refractivity (Wildman–Crippen MR) is 77.0 cm³/mol. The Labute approximate surface area is 119 Å². The van der Waals surface area contributed by atoms with Gasteiger partial charge in [-0.2, -0.15) is 4.31 Å². The summed E-state index contributed by atoms with van der Waals surface area (Å²) in [6.07, 6.45) is 2.28. The van der Waals surface area contributed by atoms with Crippen molar-refractivity contribution in [3.05, 3.63) is 18.3 Å². The molecule has 1 aromatic rings. The molecular formula is C13H21N3O3S. The zero-order valence-electron chi connectivity index (χ0n) is 11.8. The van der Waals surface area contributed by atoms with E-state index in [4.69, 9.17) is 0 Å². The molecule has 1 aliphatic rings. The van der Waals surface area contributed by atoms with Crippen LogP contribution >= 0.6 is 0 Å². The SMILES string of the molecule is CCNc1ccc(S(=O)(=O)N2CCC(C)(O)CC2)cn1. The fourth-order valence-corrected chi connectivity index (χ4v) is 3.56. The summed E-state index contributed by atoms with van der Waals surface area (Å²) in [5, 5.41) is 12.9. The maximum Gasteiger partial charge on any atom is 0.244 e. The van der Waals surface area contributed by atoms with E-state index in [0.717, 1.165) is 6.54 Å². The van der Waals surface area contributed by atoms with E-state index < -0.39 is 15.6 Å². The summed E-state index contributed by atoms with van der Waals surface area (Å²) in [5.74, 6) is 0.660. The molecule has 0 atom stereocenters. The molecule has 0 bridgehead atoms. The second-order valence-corrected chi connectivity index (χ2v) is 7.25. The zero-order chi connectivity index (χ0) is 14.8. The second kappa shape index (κ2) is 5.67. The fourth-order valence-electron chi connectivity index (χ4n) is 2.18. The van der Waals surface area contributed by atoms with Crippen LogP contribution in [0.2, 0.25) is 0 Å². The maximum atomic E-state index is 12.5. The molecule has 112 valence electrons. The van der Waals surface area contributed by atoms with Crippen molar-refractivity contribution < 1.29 is 13.5 Å². The lowest BCUT2D eigenvalue weighted by atomic mass is 9.95. The average Bonchev–Trinajstić information content (AvgIpc) is 2.39. The van der Waals surface area contributed by atoms with Gasteiger partial charge in [-0.1, -0.05) is 0 Å². The van der Waals surface area contributed by atoms with Crippen molar-refractivity contribution in [3.63, 3.8) is 0 Å². The van der Waals surface area contributed by atoms with Crippen LogP contribution in [-0.4, -0.2) is 48.0 Å². The van der Waals surface area contributed by atoms with Gasteiger partial charge in [0.05, 0.1) is 5.60 Å². The van der Waals surface area contributed by atoms with E-state index in [1.54, 1.807) is 19.1 Å². The highest BCUT2D eigenvalue weighted by molar-refractivity contribution is 7.89. The van der Waals surface area contributed by atoms with Crippen LogP contribution in [0.25, 0.3) is 0 Å². The minimum absolute atomic E-state index is 0.195. The van der Waals surface area contributed by atoms with Gasteiger partial charge in [0.25, 0.3) is 0 Å². The third kappa shape index (κ3) is 3.28. The summed E-state index contributed by atoms with van der Waals surface area (Å²) < 4.78 is 26.3. The van der Waals surface area contributed by atoms with Crippen molar-refractivity contribution in [1.82, 2.24) is 9.29 Å². The Morgan fingerprint density at radius 2 is 2.05 bits per heavy atom. The molecule has 20 heavy (non-hydrogen) atoms. The van der Waals surface area contributed by atoms with Crippen LogP contribution in [0.1, 0.15) is 26.7 Å². The first-order valence-corrected chi connectivity index (χ1v) is 8.22. The van der Waals surface area contributed by atoms with Crippen LogP contribution in [-0.2, 0) is 10.0 Å². The Morgan fingerprint density at radius 3 is 2.55 bits per heavy atom. The quantitative estimate of drug-likeness (QED) is 0.868. The van der Waals surface area contributed by atoms with Gasteiger partial charge in [0.2, 0.25) is 10.0 Å². The number of hydrogen-bond donors (Lipinski definition) is 2. The molecule has 1 aliphatic heterocycles. The highest BCUT2D eigenvalue weighted by atomic mass is 32.2. The van der Waals surface area contributed by atoms with Crippen LogP contribution < -0.4 is 5.32 Å². The number of piperidine rings is 1. The van der Waals surface area contributed by atoms with Gasteiger partial charge in [0.1, 0.15) is 10.7 Å². The molecule has 0 aromatic carbocycles. The summed E-state index contributed by atoms with van der Waals surface area (Å²) in [6.45, 7) is 5.10. The Morgan fingerprint density at radius 1 is 1.40 bits per heavy atom. The standard InChI is InChI=1S/C13H21N3O3S/c1-3-14-12-5-4-11(10-15-12)20(18,19)16-8-6-13(2,17)7-9-16/h4-5,10,17H,3,6-9H2,1-2H3,(H,14,15). The summed E-state index contributed by atoms with van der Waals surface area (Å²) in [6, 6.07) is 3.23. The number of hydrogen-bond acceptors (Lipinski definition) is 5. The van der Waals surface area contributed by atoms with Gasteiger partial charge in [0, 0.05) is 25.8 Å². The van der Waals surface area contributed by atoms with Crippen LogP contribution in [0.4, 0.5) is 5.82 Å². The first kappa shape index (κ1) is 15.2. The van der Waals surface area contributed by atoms with Gasteiger partial charge in [-0.15, -0.1) is 0 Å². The third-order valence-electron chi connectivity index (χ3n) is 3.53. The molecule has 7 heteroatoms. The van der Waals surface area contributed by atoms with Crippen molar-refractivity contribution in [3.8, 4) is 0 Å². The number of anilines is 1. The molecule has 2 rings (SSSR count). The van der Waals surface area contributed by atoms with Crippen LogP contribution in [0.5, 0.6) is 0 Å². The van der Waals surface area contributed by atoms with Crippen molar-refractivity contribution in [2.45, 2.75) is 37.2 Å². The van der Waals surface area contributed by atoms with Crippen molar-refractivity contribution in [2.24, 2.45) is 0 Å². The molecule has 1 fully saturated rings. The summed E-state index contributed by atoms with van der Waals surface area (Å²) >= 11 is 0. The van der Waals surface area contributed by atoms with Crippen molar-refractivity contribution in [2.75, 3.05) is 25.0 Å². The summed E-state index contributed by atoms with van der Waals surface area (Å²) in [7, 11) is -3.51. The minimum Gasteiger partial charge on any atom is -0.390 e. The molecule has 1 saturated heterocycles. The van der Waals surface area contributed by atoms with E-state index in [-0.39, 0.29) is 4.90 Å². The highest BCUT2D eigenvalue weighted by Gasteiger charge is 2.34. The number of sulfonamides is 1. The van der Waals surface area contributed by atoms with Crippen LogP contribution in [0, 0.1) is 0 Å². The number of aliphatic hydroxyl groups is 1. The van der Waals surface area contributed by atoms with Gasteiger partial charge in [0.15, 0.2) is 0 Å². The monoisotopic (exact) mass is 299 g/mol. The number of pyridine rings is 1. The average molecular weight is 299 g/mol. The highest BCUT2D eigenvalue weighted by Crippen LogP contribution is 2.26. The zero-order valence-corrected chi connectivity index (χ0v) is 12.7. The van der Waals surface area contributed by atoms with E-state index in [1.165, 1.54) is 10.5 Å². The topological polar surface area (TPSA) is 82.5 Å². The van der Waals surface area contributed by atoms with E-state index in [2.05, 4.69) is 10.3 Å². The second-order valence-electron chi connectivity index (χ2n) is 5.31. The molecule has 0 aliphatic carbocycles. The van der Waals surface area contributed by atoms with E-state index in [0.29, 0.717) is 31.7 Å². The van der Waals surface area contributed by atoms with E-state index in [1.807, 2.05) is 6.92 Å². The molecule has 0 saturated carbocycles. The van der Waals surface area contributed by atoms with Gasteiger partial charge in [-0.05, 0) is 38.8 Å². The minimum atomic E-state index is -3.51. The Hall–Kier alpha value is -1.18. The smallest absolute Gasteiger partial charge is 0.244 e.